The van der Waals surface area contributed by atoms with E-state index in [1.54, 1.807) is 0 Å². The molecule has 4 rings (SSSR count). The topological polar surface area (TPSA) is 80.8 Å². The number of esters is 1. The number of carbonyl (C=O) groups is 4. The highest BCUT2D eigenvalue weighted by atomic mass is 19.1. The Morgan fingerprint density at radius 3 is 2.22 bits per heavy atom. The van der Waals surface area contributed by atoms with E-state index in [1.165, 1.54) is 19.1 Å². The van der Waals surface area contributed by atoms with E-state index in [2.05, 4.69) is 0 Å². The minimum absolute atomic E-state index is 0.219. The van der Waals surface area contributed by atoms with E-state index in [0.29, 0.717) is 0 Å². The number of nitrogens with zero attached hydrogens (tertiary/aromatic N) is 1. The number of hydrogen-bond donors (Lipinski definition) is 0. The van der Waals surface area contributed by atoms with Gasteiger partial charge in [0.15, 0.2) is 12.4 Å². The summed E-state index contributed by atoms with van der Waals surface area (Å²) in [6, 6.07) is 3.84. The van der Waals surface area contributed by atoms with Crippen molar-refractivity contribution in [2.75, 3.05) is 6.61 Å². The predicted octanol–water partition coefficient (Wildman–Crippen LogP) is 1.97. The Morgan fingerprint density at radius 1 is 1.11 bits per heavy atom. The Labute approximate surface area is 155 Å². The van der Waals surface area contributed by atoms with Crippen molar-refractivity contribution in [3.05, 3.63) is 35.6 Å². The number of hydrogen-bond acceptors (Lipinski definition) is 5. The summed E-state index contributed by atoms with van der Waals surface area (Å²) in [5.41, 5.74) is 0.219. The largest absolute Gasteiger partial charge is 0.456 e. The number of halogens is 1. The summed E-state index contributed by atoms with van der Waals surface area (Å²) >= 11 is 0. The highest BCUT2D eigenvalue weighted by Crippen LogP contribution is 2.56. The van der Waals surface area contributed by atoms with Crippen LogP contribution in [-0.2, 0) is 19.1 Å². The van der Waals surface area contributed by atoms with E-state index in [4.69, 9.17) is 4.74 Å². The number of fused-ring (bicyclic) bond motifs is 5. The first kappa shape index (κ1) is 17.8. The quantitative estimate of drug-likeness (QED) is 0.448. The summed E-state index contributed by atoms with van der Waals surface area (Å²) in [7, 11) is 0. The van der Waals surface area contributed by atoms with E-state index >= 15 is 0 Å². The number of ether oxygens (including phenoxy) is 1. The van der Waals surface area contributed by atoms with Gasteiger partial charge in [0.05, 0.1) is 11.8 Å². The zero-order chi connectivity index (χ0) is 19.3. The fraction of sp³-hybridized carbons (Fsp3) is 0.500. The molecule has 5 atom stereocenters. The monoisotopic (exact) mass is 373 g/mol. The van der Waals surface area contributed by atoms with E-state index < -0.39 is 30.2 Å². The molecule has 0 spiro atoms. The first-order valence-corrected chi connectivity index (χ1v) is 9.20. The number of benzene rings is 1. The number of ketones is 1. The van der Waals surface area contributed by atoms with Gasteiger partial charge in [-0.1, -0.05) is 0 Å². The van der Waals surface area contributed by atoms with Gasteiger partial charge in [0.25, 0.3) is 0 Å². The molecule has 142 valence electrons. The number of rotatable bonds is 5. The second-order valence-electron chi connectivity index (χ2n) is 7.65. The molecule has 0 N–H and O–H groups in total. The average molecular weight is 373 g/mol. The minimum atomic E-state index is -1.06. The first-order valence-electron chi connectivity index (χ1n) is 9.20. The van der Waals surface area contributed by atoms with E-state index in [9.17, 15) is 23.6 Å². The Kier molecular flexibility index (Phi) is 4.32. The zero-order valence-electron chi connectivity index (χ0n) is 14.9. The normalized spacial score (nSPS) is 29.8. The van der Waals surface area contributed by atoms with Crippen LogP contribution in [0.1, 0.15) is 36.5 Å². The SMILES string of the molecule is C[C@@H](C(=O)OCC(=O)c1ccc(F)cc1)N1C(=O)[C@H]2[C@@H]3CC[C@H](C3)[C@@H]2C1=O. The molecule has 3 aliphatic rings. The molecule has 7 heteroatoms. The van der Waals surface area contributed by atoms with Gasteiger partial charge < -0.3 is 4.74 Å². The van der Waals surface area contributed by atoms with Crippen LogP contribution in [-0.4, -0.2) is 41.1 Å². The summed E-state index contributed by atoms with van der Waals surface area (Å²) < 4.78 is 17.9. The van der Waals surface area contributed by atoms with Crippen molar-refractivity contribution in [1.82, 2.24) is 4.90 Å². The van der Waals surface area contributed by atoms with Crippen LogP contribution in [0.25, 0.3) is 0 Å². The van der Waals surface area contributed by atoms with Crippen molar-refractivity contribution < 1.29 is 28.3 Å². The van der Waals surface area contributed by atoms with Gasteiger partial charge in [0, 0.05) is 5.56 Å². The second-order valence-corrected chi connectivity index (χ2v) is 7.65. The fourth-order valence-electron chi connectivity index (χ4n) is 4.90. The fourth-order valence-corrected chi connectivity index (χ4v) is 4.90. The van der Waals surface area contributed by atoms with Crippen molar-refractivity contribution in [2.24, 2.45) is 23.7 Å². The van der Waals surface area contributed by atoms with Crippen LogP contribution < -0.4 is 0 Å². The third-order valence-corrected chi connectivity index (χ3v) is 6.20. The van der Waals surface area contributed by atoms with E-state index in [0.717, 1.165) is 36.3 Å². The lowest BCUT2D eigenvalue weighted by atomic mass is 9.81. The molecule has 2 aliphatic carbocycles. The van der Waals surface area contributed by atoms with Crippen molar-refractivity contribution >= 4 is 23.6 Å². The molecule has 0 radical (unpaired) electrons. The summed E-state index contributed by atoms with van der Waals surface area (Å²) in [6.45, 7) is 0.923. The van der Waals surface area contributed by atoms with Crippen LogP contribution >= 0.6 is 0 Å². The van der Waals surface area contributed by atoms with Gasteiger partial charge in [-0.25, -0.2) is 9.18 Å². The second kappa shape index (κ2) is 6.55. The third kappa shape index (κ3) is 2.85. The van der Waals surface area contributed by atoms with E-state index in [1.807, 2.05) is 0 Å². The van der Waals surface area contributed by atoms with Crippen LogP contribution in [0, 0.1) is 29.5 Å². The molecular weight excluding hydrogens is 353 g/mol. The molecule has 0 unspecified atom stereocenters. The van der Waals surface area contributed by atoms with Gasteiger partial charge in [-0.3, -0.25) is 19.3 Å². The van der Waals surface area contributed by atoms with Crippen LogP contribution in [0.4, 0.5) is 4.39 Å². The molecule has 1 aliphatic heterocycles. The average Bonchev–Trinajstić information content (AvgIpc) is 3.33. The lowest BCUT2D eigenvalue weighted by molar-refractivity contribution is -0.157. The smallest absolute Gasteiger partial charge is 0.329 e. The molecule has 2 saturated carbocycles. The Bertz CT molecular complexity index is 792. The summed E-state index contributed by atoms with van der Waals surface area (Å²) in [6.07, 6.45) is 2.85. The number of likely N-dealkylation sites (tertiary alicyclic amines) is 1. The lowest BCUT2D eigenvalue weighted by Gasteiger charge is -2.22. The molecule has 1 heterocycles. The number of carbonyl (C=O) groups excluding carboxylic acids is 4. The van der Waals surface area contributed by atoms with Crippen molar-refractivity contribution in [3.8, 4) is 0 Å². The van der Waals surface area contributed by atoms with Gasteiger partial charge in [-0.2, -0.15) is 0 Å². The van der Waals surface area contributed by atoms with Gasteiger partial charge >= 0.3 is 5.97 Å². The Hall–Kier alpha value is -2.57. The maximum Gasteiger partial charge on any atom is 0.329 e. The summed E-state index contributed by atoms with van der Waals surface area (Å²) in [5, 5.41) is 0. The highest BCUT2D eigenvalue weighted by Gasteiger charge is 2.62. The predicted molar refractivity (Wildman–Crippen MR) is 90.8 cm³/mol. The lowest BCUT2D eigenvalue weighted by Crippen LogP contribution is -2.45. The minimum Gasteiger partial charge on any atom is -0.456 e. The number of Topliss-reactive ketones (excluding diaryl/α,β-unsaturated/α-hetero) is 1. The first-order chi connectivity index (χ1) is 12.9. The van der Waals surface area contributed by atoms with Crippen molar-refractivity contribution in [1.29, 1.82) is 0 Å². The maximum absolute atomic E-state index is 12.9. The molecule has 2 amide bonds. The van der Waals surface area contributed by atoms with Gasteiger partial charge in [-0.05, 0) is 62.3 Å². The van der Waals surface area contributed by atoms with E-state index in [-0.39, 0.29) is 41.0 Å². The molecule has 27 heavy (non-hydrogen) atoms. The molecule has 2 bridgehead atoms. The van der Waals surface area contributed by atoms with Gasteiger partial charge in [0.1, 0.15) is 11.9 Å². The molecule has 0 aromatic heterocycles. The molecule has 1 saturated heterocycles. The van der Waals surface area contributed by atoms with Crippen molar-refractivity contribution in [2.45, 2.75) is 32.2 Å². The summed E-state index contributed by atoms with van der Waals surface area (Å²) in [5.74, 6) is -2.43. The molecule has 1 aromatic rings. The van der Waals surface area contributed by atoms with Gasteiger partial charge in [0.2, 0.25) is 11.8 Å². The van der Waals surface area contributed by atoms with Crippen LogP contribution in [0.3, 0.4) is 0 Å². The highest BCUT2D eigenvalue weighted by molar-refractivity contribution is 6.08. The number of imide groups is 1. The standard InChI is InChI=1S/C20H20FNO5/c1-10(20(26)27-9-15(23)11-4-6-14(21)7-5-11)22-18(24)16-12-2-3-13(8-12)17(16)19(22)25/h4-7,10,12-13,16-17H,2-3,8-9H2,1H3/t10-,12+,13+,16-,17-/m0/s1. The van der Waals surface area contributed by atoms with Crippen molar-refractivity contribution in [3.63, 3.8) is 0 Å². The molecule has 6 nitrogen and oxygen atoms in total. The van der Waals surface area contributed by atoms with Crippen LogP contribution in [0.5, 0.6) is 0 Å². The molecule has 1 aromatic carbocycles. The Morgan fingerprint density at radius 2 is 1.67 bits per heavy atom. The molecule has 3 fully saturated rings. The maximum atomic E-state index is 12.9. The van der Waals surface area contributed by atoms with Gasteiger partial charge in [-0.15, -0.1) is 0 Å². The molecular formula is C20H20FNO5. The zero-order valence-corrected chi connectivity index (χ0v) is 14.9. The van der Waals surface area contributed by atoms with Crippen LogP contribution in [0.2, 0.25) is 0 Å². The van der Waals surface area contributed by atoms with Crippen LogP contribution in [0.15, 0.2) is 24.3 Å². The Balaban J connectivity index is 1.39. The number of amides is 2. The third-order valence-electron chi connectivity index (χ3n) is 6.20. The summed E-state index contributed by atoms with van der Waals surface area (Å²) in [4.78, 5) is 50.8.